The summed E-state index contributed by atoms with van der Waals surface area (Å²) in [4.78, 5) is 0. The maximum Gasteiger partial charge on any atom is 0.166 e. The third kappa shape index (κ3) is 4.00. The second kappa shape index (κ2) is 6.00. The van der Waals surface area contributed by atoms with E-state index in [2.05, 4.69) is 15.7 Å². The van der Waals surface area contributed by atoms with Crippen LogP contribution < -0.4 is 10.6 Å². The van der Waals surface area contributed by atoms with Crippen LogP contribution in [-0.2, 0) is 13.5 Å². The lowest BCUT2D eigenvalue weighted by molar-refractivity contribution is 0.620. The molecule has 0 aliphatic heterocycles. The van der Waals surface area contributed by atoms with Gasteiger partial charge in [-0.25, -0.2) is 0 Å². The van der Waals surface area contributed by atoms with Gasteiger partial charge < -0.3 is 10.6 Å². The number of hydrogen-bond donors (Lipinski definition) is 2. The highest BCUT2D eigenvalue weighted by Crippen LogP contribution is 2.17. The first kappa shape index (κ1) is 12.4. The monoisotopic (exact) mass is 252 g/mol. The van der Waals surface area contributed by atoms with Gasteiger partial charge >= 0.3 is 0 Å². The average Bonchev–Trinajstić information content (AvgIpc) is 2.90. The van der Waals surface area contributed by atoms with E-state index in [0.717, 1.165) is 23.8 Å². The Balaban J connectivity index is 1.62. The normalized spacial score (nSPS) is 16.1. The fourth-order valence-corrected chi connectivity index (χ4v) is 2.48. The molecule has 1 aliphatic carbocycles. The first-order chi connectivity index (χ1) is 8.24. The summed E-state index contributed by atoms with van der Waals surface area (Å²) in [7, 11) is 1.93. The topological polar surface area (TPSA) is 41.9 Å². The SMILES string of the molecule is Cn1ccc(CCNC(=S)NC2CCCC2)n1. The predicted octanol–water partition coefficient (Wildman–Crippen LogP) is 1.37. The van der Waals surface area contributed by atoms with Crippen molar-refractivity contribution in [1.82, 2.24) is 20.4 Å². The van der Waals surface area contributed by atoms with E-state index in [4.69, 9.17) is 12.2 Å². The van der Waals surface area contributed by atoms with Crippen LogP contribution >= 0.6 is 12.2 Å². The zero-order chi connectivity index (χ0) is 12.1. The minimum atomic E-state index is 0.588. The van der Waals surface area contributed by atoms with Crippen LogP contribution in [0.5, 0.6) is 0 Å². The number of hydrogen-bond acceptors (Lipinski definition) is 2. The van der Waals surface area contributed by atoms with Gasteiger partial charge in [0.2, 0.25) is 0 Å². The van der Waals surface area contributed by atoms with Gasteiger partial charge in [0.1, 0.15) is 0 Å². The van der Waals surface area contributed by atoms with Crippen LogP contribution in [0.1, 0.15) is 31.4 Å². The molecule has 0 radical (unpaired) electrons. The van der Waals surface area contributed by atoms with Gasteiger partial charge in [0.15, 0.2) is 5.11 Å². The smallest absolute Gasteiger partial charge is 0.166 e. The Morgan fingerprint density at radius 1 is 1.53 bits per heavy atom. The van der Waals surface area contributed by atoms with Crippen molar-refractivity contribution in [3.8, 4) is 0 Å². The van der Waals surface area contributed by atoms with Crippen molar-refractivity contribution in [1.29, 1.82) is 0 Å². The zero-order valence-corrected chi connectivity index (χ0v) is 11.1. The summed E-state index contributed by atoms with van der Waals surface area (Å²) in [5, 5.41) is 11.7. The number of aryl methyl sites for hydroxylation is 1. The zero-order valence-electron chi connectivity index (χ0n) is 10.3. The highest BCUT2D eigenvalue weighted by molar-refractivity contribution is 7.80. The summed E-state index contributed by atoms with van der Waals surface area (Å²) in [6, 6.07) is 2.62. The number of nitrogens with zero attached hydrogens (tertiary/aromatic N) is 2. The van der Waals surface area contributed by atoms with E-state index in [1.54, 1.807) is 0 Å². The molecule has 2 rings (SSSR count). The molecule has 0 aromatic carbocycles. The molecule has 94 valence electrons. The van der Waals surface area contributed by atoms with Crippen molar-refractivity contribution in [3.05, 3.63) is 18.0 Å². The van der Waals surface area contributed by atoms with Crippen molar-refractivity contribution in [3.63, 3.8) is 0 Å². The largest absolute Gasteiger partial charge is 0.362 e. The van der Waals surface area contributed by atoms with Crippen LogP contribution in [0.15, 0.2) is 12.3 Å². The van der Waals surface area contributed by atoms with E-state index < -0.39 is 0 Å². The van der Waals surface area contributed by atoms with E-state index in [-0.39, 0.29) is 0 Å². The molecule has 5 heteroatoms. The molecule has 17 heavy (non-hydrogen) atoms. The van der Waals surface area contributed by atoms with Crippen molar-refractivity contribution in [2.45, 2.75) is 38.1 Å². The molecule has 0 spiro atoms. The molecule has 0 amide bonds. The Morgan fingerprint density at radius 2 is 2.29 bits per heavy atom. The minimum Gasteiger partial charge on any atom is -0.362 e. The molecule has 1 aliphatic rings. The Kier molecular flexibility index (Phi) is 4.36. The van der Waals surface area contributed by atoms with Crippen molar-refractivity contribution in [2.24, 2.45) is 7.05 Å². The van der Waals surface area contributed by atoms with Crippen molar-refractivity contribution in [2.75, 3.05) is 6.54 Å². The van der Waals surface area contributed by atoms with Gasteiger partial charge in [0, 0.05) is 32.3 Å². The molecule has 1 fully saturated rings. The number of rotatable bonds is 4. The summed E-state index contributed by atoms with van der Waals surface area (Å²) in [6.07, 6.45) is 8.03. The molecule has 1 aromatic heterocycles. The van der Waals surface area contributed by atoms with E-state index in [1.165, 1.54) is 25.7 Å². The van der Waals surface area contributed by atoms with Gasteiger partial charge in [-0.3, -0.25) is 4.68 Å². The third-order valence-corrected chi connectivity index (χ3v) is 3.39. The summed E-state index contributed by atoms with van der Waals surface area (Å²) < 4.78 is 1.82. The number of aromatic nitrogens is 2. The third-order valence-electron chi connectivity index (χ3n) is 3.13. The first-order valence-electron chi connectivity index (χ1n) is 6.27. The molecule has 4 nitrogen and oxygen atoms in total. The maximum absolute atomic E-state index is 5.26. The van der Waals surface area contributed by atoms with Gasteiger partial charge in [0.05, 0.1) is 5.69 Å². The lowest BCUT2D eigenvalue weighted by Gasteiger charge is -2.15. The van der Waals surface area contributed by atoms with E-state index >= 15 is 0 Å². The van der Waals surface area contributed by atoms with Crippen LogP contribution in [0, 0.1) is 0 Å². The molecule has 0 saturated heterocycles. The van der Waals surface area contributed by atoms with Gasteiger partial charge in [-0.15, -0.1) is 0 Å². The molecule has 2 N–H and O–H groups in total. The Bertz CT molecular complexity index is 368. The molecule has 1 saturated carbocycles. The Labute approximate surface area is 108 Å². The maximum atomic E-state index is 5.26. The molecular weight excluding hydrogens is 232 g/mol. The molecule has 1 aromatic rings. The summed E-state index contributed by atoms with van der Waals surface area (Å²) in [5.74, 6) is 0. The minimum absolute atomic E-state index is 0.588. The number of thiocarbonyl (C=S) groups is 1. The fraction of sp³-hybridized carbons (Fsp3) is 0.667. The van der Waals surface area contributed by atoms with Gasteiger partial charge in [-0.1, -0.05) is 12.8 Å². The quantitative estimate of drug-likeness (QED) is 0.794. The first-order valence-corrected chi connectivity index (χ1v) is 6.68. The van der Waals surface area contributed by atoms with Crippen molar-refractivity contribution >= 4 is 17.3 Å². The molecule has 0 bridgehead atoms. The van der Waals surface area contributed by atoms with Gasteiger partial charge in [-0.2, -0.15) is 5.10 Å². The Morgan fingerprint density at radius 3 is 2.94 bits per heavy atom. The van der Waals surface area contributed by atoms with E-state index in [1.807, 2.05) is 24.0 Å². The lowest BCUT2D eigenvalue weighted by atomic mass is 10.2. The van der Waals surface area contributed by atoms with Crippen molar-refractivity contribution < 1.29 is 0 Å². The van der Waals surface area contributed by atoms with Crippen LogP contribution in [-0.4, -0.2) is 27.5 Å². The highest BCUT2D eigenvalue weighted by Gasteiger charge is 2.14. The second-order valence-corrected chi connectivity index (χ2v) is 5.02. The fourth-order valence-electron chi connectivity index (χ4n) is 2.21. The average molecular weight is 252 g/mol. The van der Waals surface area contributed by atoms with E-state index in [0.29, 0.717) is 6.04 Å². The van der Waals surface area contributed by atoms with Gasteiger partial charge in [-0.05, 0) is 31.1 Å². The molecule has 0 atom stereocenters. The lowest BCUT2D eigenvalue weighted by Crippen LogP contribution is -2.41. The standard InChI is InChI=1S/C12H20N4S/c1-16-9-7-11(15-16)6-8-13-12(17)14-10-4-2-3-5-10/h7,9-10H,2-6,8H2,1H3,(H2,13,14,17). The molecule has 0 unspecified atom stereocenters. The molecule has 1 heterocycles. The summed E-state index contributed by atoms with van der Waals surface area (Å²) in [6.45, 7) is 0.843. The van der Waals surface area contributed by atoms with Crippen LogP contribution in [0.25, 0.3) is 0 Å². The second-order valence-electron chi connectivity index (χ2n) is 4.61. The van der Waals surface area contributed by atoms with Crippen LogP contribution in [0.3, 0.4) is 0 Å². The predicted molar refractivity (Wildman–Crippen MR) is 72.9 cm³/mol. The summed E-state index contributed by atoms with van der Waals surface area (Å²) >= 11 is 5.26. The Hall–Kier alpha value is -1.10. The van der Waals surface area contributed by atoms with E-state index in [9.17, 15) is 0 Å². The summed E-state index contributed by atoms with van der Waals surface area (Å²) in [5.41, 5.74) is 1.10. The highest BCUT2D eigenvalue weighted by atomic mass is 32.1. The van der Waals surface area contributed by atoms with Crippen LogP contribution in [0.2, 0.25) is 0 Å². The number of nitrogens with one attached hydrogen (secondary N) is 2. The van der Waals surface area contributed by atoms with Crippen LogP contribution in [0.4, 0.5) is 0 Å². The van der Waals surface area contributed by atoms with Gasteiger partial charge in [0.25, 0.3) is 0 Å². The molecular formula is C12H20N4S.